The van der Waals surface area contributed by atoms with Crippen molar-refractivity contribution in [1.29, 1.82) is 0 Å². The van der Waals surface area contributed by atoms with Crippen LogP contribution in [0.2, 0.25) is 6.04 Å². The van der Waals surface area contributed by atoms with Gasteiger partial charge in [-0.05, 0) is 12.8 Å². The Morgan fingerprint density at radius 3 is 1.84 bits per heavy atom. The number of allylic oxidation sites excluding steroid dienone is 1. The predicted molar refractivity (Wildman–Crippen MR) is 95.9 cm³/mol. The van der Waals surface area contributed by atoms with E-state index < -0.39 is 25.9 Å². The first-order valence-corrected chi connectivity index (χ1v) is 10.0. The molecular formula is C15H27N3O6Si. The summed E-state index contributed by atoms with van der Waals surface area (Å²) in [6.07, 6.45) is 2.50. The normalized spacial score (nSPS) is 11.7. The minimum atomic E-state index is -2.78. The number of hydrogen-bond acceptors (Lipinski definition) is 6. The molecule has 0 saturated heterocycles. The third kappa shape index (κ3) is 4.66. The van der Waals surface area contributed by atoms with Crippen LogP contribution in [-0.2, 0) is 32.9 Å². The van der Waals surface area contributed by atoms with Crippen LogP contribution in [0.3, 0.4) is 0 Å². The molecule has 0 radical (unpaired) electrons. The lowest BCUT2D eigenvalue weighted by Gasteiger charge is -2.24. The van der Waals surface area contributed by atoms with Crippen molar-refractivity contribution in [3.05, 3.63) is 44.1 Å². The fourth-order valence-corrected chi connectivity index (χ4v) is 4.29. The van der Waals surface area contributed by atoms with Crippen LogP contribution in [0.5, 0.6) is 0 Å². The van der Waals surface area contributed by atoms with E-state index in [0.717, 1.165) is 13.7 Å². The van der Waals surface area contributed by atoms with Gasteiger partial charge in [0.1, 0.15) is 0 Å². The Kier molecular flexibility index (Phi) is 8.22. The summed E-state index contributed by atoms with van der Waals surface area (Å²) in [5.74, 6) is 0. The highest BCUT2D eigenvalue weighted by molar-refractivity contribution is 6.60. The standard InChI is InChI=1S/C15H27N3O6Si/c1-6-9-16-13(19)17(10-7-2)15(21)18(14(16)20)11-8-12-25(22-3,23-4)24-5/h6H,1,7-12H2,2-5H3. The third-order valence-corrected chi connectivity index (χ3v) is 6.77. The molecule has 0 atom stereocenters. The van der Waals surface area contributed by atoms with Gasteiger partial charge in [0.15, 0.2) is 0 Å². The van der Waals surface area contributed by atoms with E-state index in [9.17, 15) is 14.4 Å². The Morgan fingerprint density at radius 1 is 0.920 bits per heavy atom. The van der Waals surface area contributed by atoms with Crippen molar-refractivity contribution in [2.45, 2.75) is 45.4 Å². The van der Waals surface area contributed by atoms with Crippen molar-refractivity contribution in [1.82, 2.24) is 13.7 Å². The molecule has 0 aliphatic heterocycles. The first-order valence-electron chi connectivity index (χ1n) is 8.12. The molecule has 0 aliphatic rings. The average Bonchev–Trinajstić information content (AvgIpc) is 2.62. The van der Waals surface area contributed by atoms with Gasteiger partial charge in [0.25, 0.3) is 0 Å². The second kappa shape index (κ2) is 9.66. The molecule has 1 aromatic rings. The van der Waals surface area contributed by atoms with Crippen LogP contribution in [0.4, 0.5) is 0 Å². The molecule has 0 N–H and O–H groups in total. The lowest BCUT2D eigenvalue weighted by Crippen LogP contribution is -2.54. The van der Waals surface area contributed by atoms with Crippen LogP contribution >= 0.6 is 0 Å². The van der Waals surface area contributed by atoms with Crippen molar-refractivity contribution >= 4 is 8.80 Å². The summed E-state index contributed by atoms with van der Waals surface area (Å²) in [6.45, 7) is 5.85. The van der Waals surface area contributed by atoms with Gasteiger partial charge in [0.05, 0.1) is 6.54 Å². The number of rotatable bonds is 11. The van der Waals surface area contributed by atoms with E-state index in [0.29, 0.717) is 18.9 Å². The van der Waals surface area contributed by atoms with Gasteiger partial charge in [0.2, 0.25) is 0 Å². The Balaban J connectivity index is 3.22. The molecule has 1 rings (SSSR count). The van der Waals surface area contributed by atoms with Crippen LogP contribution in [-0.4, -0.2) is 43.8 Å². The molecule has 25 heavy (non-hydrogen) atoms. The Hall–Kier alpha value is -1.75. The summed E-state index contributed by atoms with van der Waals surface area (Å²) in [5.41, 5.74) is -1.85. The molecule has 0 bridgehead atoms. The van der Waals surface area contributed by atoms with Crippen LogP contribution < -0.4 is 17.1 Å². The summed E-state index contributed by atoms with van der Waals surface area (Å²) in [7, 11) is 1.73. The first kappa shape index (κ1) is 21.3. The van der Waals surface area contributed by atoms with Gasteiger partial charge in [-0.25, -0.2) is 28.1 Å². The van der Waals surface area contributed by atoms with Crippen LogP contribution in [0.25, 0.3) is 0 Å². The van der Waals surface area contributed by atoms with Gasteiger partial charge in [0, 0.05) is 40.5 Å². The minimum absolute atomic E-state index is 0.0502. The Morgan fingerprint density at radius 2 is 1.40 bits per heavy atom. The molecule has 0 unspecified atom stereocenters. The Bertz CT molecular complexity index is 739. The Labute approximate surface area is 147 Å². The monoisotopic (exact) mass is 373 g/mol. The summed E-state index contributed by atoms with van der Waals surface area (Å²) in [5, 5.41) is 0. The maximum Gasteiger partial charge on any atom is 0.500 e. The fraction of sp³-hybridized carbons (Fsp3) is 0.667. The summed E-state index contributed by atoms with van der Waals surface area (Å²) < 4.78 is 19.2. The maximum atomic E-state index is 12.5. The topological polar surface area (TPSA) is 93.7 Å². The van der Waals surface area contributed by atoms with Gasteiger partial charge < -0.3 is 13.3 Å². The van der Waals surface area contributed by atoms with Crippen molar-refractivity contribution < 1.29 is 13.3 Å². The fourth-order valence-electron chi connectivity index (χ4n) is 2.58. The molecule has 0 aromatic carbocycles. The largest absolute Gasteiger partial charge is 0.500 e. The van der Waals surface area contributed by atoms with Crippen molar-refractivity contribution in [3.63, 3.8) is 0 Å². The van der Waals surface area contributed by atoms with Crippen LogP contribution in [0.15, 0.2) is 27.0 Å². The van der Waals surface area contributed by atoms with E-state index in [-0.39, 0.29) is 19.6 Å². The molecule has 1 aromatic heterocycles. The molecule has 142 valence electrons. The highest BCUT2D eigenvalue weighted by atomic mass is 28.4. The highest BCUT2D eigenvalue weighted by Gasteiger charge is 2.37. The van der Waals surface area contributed by atoms with E-state index in [2.05, 4.69) is 6.58 Å². The first-order chi connectivity index (χ1) is 11.9. The van der Waals surface area contributed by atoms with E-state index in [1.807, 2.05) is 6.92 Å². The smallest absolute Gasteiger partial charge is 0.377 e. The SMILES string of the molecule is C=CCn1c(=O)n(CCC)c(=O)n(CCC[Si](OC)(OC)OC)c1=O. The highest BCUT2D eigenvalue weighted by Crippen LogP contribution is 2.14. The lowest BCUT2D eigenvalue weighted by molar-refractivity contribution is 0.122. The zero-order valence-corrected chi connectivity index (χ0v) is 16.3. The maximum absolute atomic E-state index is 12.5. The molecule has 0 saturated carbocycles. The predicted octanol–water partition coefficient (Wildman–Crippen LogP) is 0.0359. The quantitative estimate of drug-likeness (QED) is 0.401. The summed E-state index contributed by atoms with van der Waals surface area (Å²) in [6, 6.07) is 0.441. The third-order valence-electron chi connectivity index (χ3n) is 3.94. The molecule has 10 heteroatoms. The minimum Gasteiger partial charge on any atom is -0.377 e. The van der Waals surface area contributed by atoms with Crippen molar-refractivity contribution in [2.24, 2.45) is 0 Å². The van der Waals surface area contributed by atoms with Gasteiger partial charge in [-0.1, -0.05) is 13.0 Å². The molecule has 9 nitrogen and oxygen atoms in total. The zero-order chi connectivity index (χ0) is 19.0. The summed E-state index contributed by atoms with van der Waals surface area (Å²) in [4.78, 5) is 37.4. The molecule has 0 spiro atoms. The number of nitrogens with zero attached hydrogens (tertiary/aromatic N) is 3. The van der Waals surface area contributed by atoms with E-state index in [1.54, 1.807) is 0 Å². The van der Waals surface area contributed by atoms with E-state index in [4.69, 9.17) is 13.3 Å². The second-order valence-electron chi connectivity index (χ2n) is 5.45. The van der Waals surface area contributed by atoms with Crippen molar-refractivity contribution in [2.75, 3.05) is 21.3 Å². The lowest BCUT2D eigenvalue weighted by atomic mass is 10.4. The van der Waals surface area contributed by atoms with E-state index >= 15 is 0 Å². The van der Waals surface area contributed by atoms with Crippen LogP contribution in [0, 0.1) is 0 Å². The number of hydrogen-bond donors (Lipinski definition) is 0. The molecular weight excluding hydrogens is 346 g/mol. The van der Waals surface area contributed by atoms with Crippen molar-refractivity contribution in [3.8, 4) is 0 Å². The van der Waals surface area contributed by atoms with Gasteiger partial charge in [-0.3, -0.25) is 0 Å². The number of aromatic nitrogens is 3. The summed E-state index contributed by atoms with van der Waals surface area (Å²) >= 11 is 0. The van der Waals surface area contributed by atoms with Gasteiger partial charge in [-0.2, -0.15) is 0 Å². The van der Waals surface area contributed by atoms with Gasteiger partial charge >= 0.3 is 25.9 Å². The molecule has 0 amide bonds. The molecule has 1 heterocycles. The molecule has 0 fully saturated rings. The van der Waals surface area contributed by atoms with Gasteiger partial charge in [-0.15, -0.1) is 6.58 Å². The molecule has 0 aliphatic carbocycles. The average molecular weight is 373 g/mol. The second-order valence-corrected chi connectivity index (χ2v) is 8.54. The van der Waals surface area contributed by atoms with E-state index in [1.165, 1.54) is 27.4 Å². The zero-order valence-electron chi connectivity index (χ0n) is 15.3. The van der Waals surface area contributed by atoms with Crippen LogP contribution in [0.1, 0.15) is 19.8 Å².